The number of halogens is 1. The highest BCUT2D eigenvalue weighted by atomic mass is 79.9. The number of sulfonamides is 1. The standard InChI is InChI=1S/C14H21BrN2O3S/c1-10-8-17(9-14(2,3)20-10)21(18,19)13-6-11(7-16)4-5-12(13)15/h4-6,10H,7-9,16H2,1-3H3. The van der Waals surface area contributed by atoms with Crippen molar-refractivity contribution in [3.05, 3.63) is 28.2 Å². The number of morpholine rings is 1. The molecule has 7 heteroatoms. The number of ether oxygens (including phenoxy) is 1. The number of hydrogen-bond donors (Lipinski definition) is 1. The lowest BCUT2D eigenvalue weighted by Gasteiger charge is -2.41. The number of rotatable bonds is 3. The summed E-state index contributed by atoms with van der Waals surface area (Å²) in [6.07, 6.45) is -0.139. The zero-order chi connectivity index (χ0) is 15.8. The van der Waals surface area contributed by atoms with Crippen LogP contribution in [0.1, 0.15) is 26.3 Å². The van der Waals surface area contributed by atoms with Gasteiger partial charge in [-0.1, -0.05) is 6.07 Å². The molecule has 1 heterocycles. The molecule has 5 nitrogen and oxygen atoms in total. The van der Waals surface area contributed by atoms with E-state index in [0.717, 1.165) is 5.56 Å². The lowest BCUT2D eigenvalue weighted by molar-refractivity contribution is -0.109. The van der Waals surface area contributed by atoms with Gasteiger partial charge in [0.15, 0.2) is 0 Å². The quantitative estimate of drug-likeness (QED) is 0.876. The van der Waals surface area contributed by atoms with Crippen molar-refractivity contribution < 1.29 is 13.2 Å². The molecule has 1 aliphatic heterocycles. The number of hydrogen-bond acceptors (Lipinski definition) is 4. The molecule has 0 saturated carbocycles. The highest BCUT2D eigenvalue weighted by Gasteiger charge is 2.38. The average molecular weight is 377 g/mol. The Morgan fingerprint density at radius 2 is 2.14 bits per heavy atom. The van der Waals surface area contributed by atoms with Crippen molar-refractivity contribution in [1.29, 1.82) is 0 Å². The van der Waals surface area contributed by atoms with Gasteiger partial charge >= 0.3 is 0 Å². The second-order valence-corrected chi connectivity index (χ2v) is 8.72. The third-order valence-electron chi connectivity index (χ3n) is 3.39. The first-order valence-corrected chi connectivity index (χ1v) is 9.05. The molecule has 118 valence electrons. The van der Waals surface area contributed by atoms with Gasteiger partial charge in [0.1, 0.15) is 0 Å². The van der Waals surface area contributed by atoms with Gasteiger partial charge in [0, 0.05) is 24.1 Å². The molecule has 1 aromatic rings. The molecular formula is C14H21BrN2O3S. The molecule has 0 amide bonds. The topological polar surface area (TPSA) is 72.6 Å². The molecule has 1 aliphatic rings. The van der Waals surface area contributed by atoms with E-state index in [2.05, 4.69) is 15.9 Å². The maximum Gasteiger partial charge on any atom is 0.244 e. The second kappa shape index (κ2) is 5.96. The number of nitrogens with zero attached hydrogens (tertiary/aromatic N) is 1. The summed E-state index contributed by atoms with van der Waals surface area (Å²) in [5, 5.41) is 0. The van der Waals surface area contributed by atoms with Crippen LogP contribution < -0.4 is 5.73 Å². The lowest BCUT2D eigenvalue weighted by Crippen LogP contribution is -2.53. The summed E-state index contributed by atoms with van der Waals surface area (Å²) in [7, 11) is -3.58. The molecule has 1 fully saturated rings. The Kier molecular flexibility index (Phi) is 4.80. The van der Waals surface area contributed by atoms with Gasteiger partial charge in [-0.25, -0.2) is 8.42 Å². The molecule has 21 heavy (non-hydrogen) atoms. The van der Waals surface area contributed by atoms with E-state index < -0.39 is 15.6 Å². The number of benzene rings is 1. The van der Waals surface area contributed by atoms with Crippen molar-refractivity contribution >= 4 is 26.0 Å². The van der Waals surface area contributed by atoms with Crippen molar-refractivity contribution in [2.24, 2.45) is 5.73 Å². The van der Waals surface area contributed by atoms with Crippen LogP contribution in [0.15, 0.2) is 27.6 Å². The third-order valence-corrected chi connectivity index (χ3v) is 6.19. The van der Waals surface area contributed by atoms with Gasteiger partial charge in [-0.2, -0.15) is 4.31 Å². The highest BCUT2D eigenvalue weighted by Crippen LogP contribution is 2.30. The van der Waals surface area contributed by atoms with E-state index in [1.807, 2.05) is 26.8 Å². The average Bonchev–Trinajstić information content (AvgIpc) is 2.36. The fourth-order valence-electron chi connectivity index (χ4n) is 2.59. The Bertz CT molecular complexity index is 631. The molecule has 1 saturated heterocycles. The molecule has 0 aliphatic carbocycles. The summed E-state index contributed by atoms with van der Waals surface area (Å²) >= 11 is 3.33. The first-order chi connectivity index (χ1) is 9.65. The molecular weight excluding hydrogens is 356 g/mol. The summed E-state index contributed by atoms with van der Waals surface area (Å²) < 4.78 is 33.6. The van der Waals surface area contributed by atoms with Crippen molar-refractivity contribution in [3.63, 3.8) is 0 Å². The highest BCUT2D eigenvalue weighted by molar-refractivity contribution is 9.10. The van der Waals surface area contributed by atoms with Crippen LogP contribution in [0.5, 0.6) is 0 Å². The van der Waals surface area contributed by atoms with Gasteiger partial charge in [0.05, 0.1) is 16.6 Å². The van der Waals surface area contributed by atoms with Crippen LogP contribution in [0.3, 0.4) is 0 Å². The molecule has 2 rings (SSSR count). The molecule has 1 atom stereocenters. The van der Waals surface area contributed by atoms with E-state index in [1.54, 1.807) is 12.1 Å². The van der Waals surface area contributed by atoms with Crippen LogP contribution in [0.25, 0.3) is 0 Å². The minimum absolute atomic E-state index is 0.139. The van der Waals surface area contributed by atoms with Gasteiger partial charge in [0.2, 0.25) is 10.0 Å². The van der Waals surface area contributed by atoms with Crippen LogP contribution in [0.2, 0.25) is 0 Å². The van der Waals surface area contributed by atoms with Crippen LogP contribution in [0.4, 0.5) is 0 Å². The SMILES string of the molecule is CC1CN(S(=O)(=O)c2cc(CN)ccc2Br)CC(C)(C)O1. The van der Waals surface area contributed by atoms with Crippen molar-refractivity contribution in [2.45, 2.75) is 43.9 Å². The van der Waals surface area contributed by atoms with E-state index >= 15 is 0 Å². The zero-order valence-corrected chi connectivity index (χ0v) is 14.9. The van der Waals surface area contributed by atoms with Crippen LogP contribution in [-0.2, 0) is 21.3 Å². The molecule has 1 aromatic carbocycles. The van der Waals surface area contributed by atoms with E-state index in [0.29, 0.717) is 24.1 Å². The Morgan fingerprint density at radius 3 is 2.71 bits per heavy atom. The molecule has 0 bridgehead atoms. The minimum atomic E-state index is -3.58. The largest absolute Gasteiger partial charge is 0.370 e. The predicted octanol–water partition coefficient (Wildman–Crippen LogP) is 2.10. The van der Waals surface area contributed by atoms with Gasteiger partial charge in [0.25, 0.3) is 0 Å². The van der Waals surface area contributed by atoms with Crippen molar-refractivity contribution in [1.82, 2.24) is 4.31 Å². The van der Waals surface area contributed by atoms with Crippen LogP contribution >= 0.6 is 15.9 Å². The normalized spacial score (nSPS) is 23.2. The molecule has 1 unspecified atom stereocenters. The predicted molar refractivity (Wildman–Crippen MR) is 85.4 cm³/mol. The zero-order valence-electron chi connectivity index (χ0n) is 12.5. The van der Waals surface area contributed by atoms with Crippen LogP contribution in [0, 0.1) is 0 Å². The molecule has 0 radical (unpaired) electrons. The smallest absolute Gasteiger partial charge is 0.244 e. The monoisotopic (exact) mass is 376 g/mol. The maximum absolute atomic E-state index is 12.9. The summed E-state index contributed by atoms with van der Waals surface area (Å²) in [6, 6.07) is 5.17. The summed E-state index contributed by atoms with van der Waals surface area (Å²) in [5.74, 6) is 0. The number of nitrogens with two attached hydrogens (primary N) is 1. The Balaban J connectivity index is 2.42. The summed E-state index contributed by atoms with van der Waals surface area (Å²) in [5.41, 5.74) is 5.90. The molecule has 2 N–H and O–H groups in total. The van der Waals surface area contributed by atoms with E-state index in [-0.39, 0.29) is 11.0 Å². The molecule has 0 spiro atoms. The van der Waals surface area contributed by atoms with Gasteiger partial charge in [-0.15, -0.1) is 0 Å². The molecule has 0 aromatic heterocycles. The Morgan fingerprint density at radius 1 is 1.48 bits per heavy atom. The van der Waals surface area contributed by atoms with Gasteiger partial charge in [-0.05, 0) is 54.4 Å². The van der Waals surface area contributed by atoms with E-state index in [9.17, 15) is 8.42 Å². The van der Waals surface area contributed by atoms with E-state index in [4.69, 9.17) is 10.5 Å². The first-order valence-electron chi connectivity index (χ1n) is 6.82. The van der Waals surface area contributed by atoms with Crippen LogP contribution in [-0.4, -0.2) is 37.5 Å². The fourth-order valence-corrected chi connectivity index (χ4v) is 5.23. The Hall–Kier alpha value is -0.470. The Labute approximate surface area is 134 Å². The maximum atomic E-state index is 12.9. The van der Waals surface area contributed by atoms with Crippen molar-refractivity contribution in [3.8, 4) is 0 Å². The first kappa shape index (κ1) is 16.9. The summed E-state index contributed by atoms with van der Waals surface area (Å²) in [6.45, 7) is 6.67. The van der Waals surface area contributed by atoms with Crippen molar-refractivity contribution in [2.75, 3.05) is 13.1 Å². The second-order valence-electron chi connectivity index (χ2n) is 5.95. The lowest BCUT2D eigenvalue weighted by atomic mass is 10.1. The van der Waals surface area contributed by atoms with Gasteiger partial charge in [-0.3, -0.25) is 0 Å². The fraction of sp³-hybridized carbons (Fsp3) is 0.571. The minimum Gasteiger partial charge on any atom is -0.370 e. The third kappa shape index (κ3) is 3.65. The van der Waals surface area contributed by atoms with E-state index in [1.165, 1.54) is 4.31 Å². The summed E-state index contributed by atoms with van der Waals surface area (Å²) in [4.78, 5) is 0.260. The van der Waals surface area contributed by atoms with Gasteiger partial charge < -0.3 is 10.5 Å².